The minimum Gasteiger partial charge on any atom is -0.469 e. The van der Waals surface area contributed by atoms with Crippen molar-refractivity contribution in [3.8, 4) is 0 Å². The normalized spacial score (nSPS) is 27.1. The van der Waals surface area contributed by atoms with Gasteiger partial charge in [0.05, 0.1) is 25.4 Å². The van der Waals surface area contributed by atoms with Gasteiger partial charge in [-0.25, -0.2) is 0 Å². The van der Waals surface area contributed by atoms with Crippen LogP contribution >= 0.6 is 0 Å². The lowest BCUT2D eigenvalue weighted by Crippen LogP contribution is -2.33. The lowest BCUT2D eigenvalue weighted by atomic mass is 9.84. The van der Waals surface area contributed by atoms with Crippen molar-refractivity contribution in [1.82, 2.24) is 0 Å². The van der Waals surface area contributed by atoms with Crippen LogP contribution in [0.2, 0.25) is 0 Å². The fourth-order valence-electron chi connectivity index (χ4n) is 3.96. The predicted molar refractivity (Wildman–Crippen MR) is 103 cm³/mol. The molecule has 1 aliphatic carbocycles. The zero-order chi connectivity index (χ0) is 19.4. The first kappa shape index (κ1) is 23.1. The first-order valence-corrected chi connectivity index (χ1v) is 10.3. The molecule has 0 heterocycles. The van der Waals surface area contributed by atoms with E-state index in [-0.39, 0.29) is 17.8 Å². The summed E-state index contributed by atoms with van der Waals surface area (Å²) in [7, 11) is 1.39. The van der Waals surface area contributed by atoms with Crippen molar-refractivity contribution in [2.24, 2.45) is 11.8 Å². The van der Waals surface area contributed by atoms with E-state index in [1.54, 1.807) is 0 Å². The van der Waals surface area contributed by atoms with Crippen LogP contribution < -0.4 is 0 Å². The summed E-state index contributed by atoms with van der Waals surface area (Å²) < 4.78 is 4.61. The highest BCUT2D eigenvalue weighted by Gasteiger charge is 2.44. The molecule has 5 atom stereocenters. The zero-order valence-corrected chi connectivity index (χ0v) is 16.5. The number of aliphatic hydroxyl groups is 3. The van der Waals surface area contributed by atoms with Gasteiger partial charge >= 0.3 is 5.97 Å². The van der Waals surface area contributed by atoms with E-state index in [1.165, 1.54) is 26.4 Å². The standard InChI is InChI=1S/C21H38O5/c1-3-4-5-6-10-13-17(22)21-16(18(23)15-19(21)24)12-9-7-8-11-14-20(25)26-2/h7,9,16-19,21-24H,3-6,8,10-15H2,1-2H3/t16-,17?,18?,19?,21+/m0/s1. The maximum atomic E-state index is 11.1. The van der Waals surface area contributed by atoms with Crippen LogP contribution in [0.3, 0.4) is 0 Å². The highest BCUT2D eigenvalue weighted by molar-refractivity contribution is 5.69. The summed E-state index contributed by atoms with van der Waals surface area (Å²) in [5.74, 6) is -0.557. The lowest BCUT2D eigenvalue weighted by Gasteiger charge is -2.27. The van der Waals surface area contributed by atoms with Gasteiger partial charge in [0.2, 0.25) is 0 Å². The molecule has 0 aromatic heterocycles. The summed E-state index contributed by atoms with van der Waals surface area (Å²) in [5, 5.41) is 31.1. The molecule has 1 rings (SSSR count). The van der Waals surface area contributed by atoms with E-state index < -0.39 is 18.3 Å². The molecule has 0 amide bonds. The van der Waals surface area contributed by atoms with Crippen LogP contribution in [0.15, 0.2) is 12.2 Å². The van der Waals surface area contributed by atoms with Crippen molar-refractivity contribution in [1.29, 1.82) is 0 Å². The number of aliphatic hydroxyl groups excluding tert-OH is 3. The van der Waals surface area contributed by atoms with Gasteiger partial charge in [-0.2, -0.15) is 0 Å². The Morgan fingerprint density at radius 2 is 1.85 bits per heavy atom. The molecule has 0 spiro atoms. The second-order valence-electron chi connectivity index (χ2n) is 7.56. The van der Waals surface area contributed by atoms with E-state index in [9.17, 15) is 20.1 Å². The molecule has 0 aliphatic heterocycles. The van der Waals surface area contributed by atoms with Crippen LogP contribution in [0, 0.1) is 11.8 Å². The summed E-state index contributed by atoms with van der Waals surface area (Å²) in [4.78, 5) is 11.1. The Morgan fingerprint density at radius 1 is 1.12 bits per heavy atom. The minimum absolute atomic E-state index is 0.104. The van der Waals surface area contributed by atoms with Crippen LogP contribution in [0.25, 0.3) is 0 Å². The fourth-order valence-corrected chi connectivity index (χ4v) is 3.96. The third kappa shape index (κ3) is 8.19. The Hall–Kier alpha value is -0.910. The number of hydrogen-bond acceptors (Lipinski definition) is 5. The van der Waals surface area contributed by atoms with Crippen LogP contribution in [-0.4, -0.2) is 46.7 Å². The van der Waals surface area contributed by atoms with Crippen LogP contribution in [0.5, 0.6) is 0 Å². The van der Waals surface area contributed by atoms with Crippen molar-refractivity contribution in [2.45, 2.75) is 95.9 Å². The van der Waals surface area contributed by atoms with Gasteiger partial charge in [-0.15, -0.1) is 0 Å². The SMILES string of the molecule is CCCCCCCC(O)[C@@H]1C(O)CC(O)[C@@H]1CC=CCCCC(=O)OC. The van der Waals surface area contributed by atoms with Gasteiger partial charge in [0.25, 0.3) is 0 Å². The van der Waals surface area contributed by atoms with Gasteiger partial charge in [-0.3, -0.25) is 4.79 Å². The molecular weight excluding hydrogens is 332 g/mol. The van der Waals surface area contributed by atoms with Gasteiger partial charge in [0.1, 0.15) is 0 Å². The van der Waals surface area contributed by atoms with Crippen LogP contribution in [0.1, 0.15) is 77.6 Å². The average Bonchev–Trinajstić information content (AvgIpc) is 2.90. The summed E-state index contributed by atoms with van der Waals surface area (Å²) in [6.45, 7) is 2.18. The van der Waals surface area contributed by atoms with Crippen LogP contribution in [-0.2, 0) is 9.53 Å². The average molecular weight is 371 g/mol. The van der Waals surface area contributed by atoms with Crippen molar-refractivity contribution in [3.63, 3.8) is 0 Å². The molecule has 0 radical (unpaired) electrons. The molecule has 0 aromatic rings. The maximum absolute atomic E-state index is 11.1. The highest BCUT2D eigenvalue weighted by atomic mass is 16.5. The number of rotatable bonds is 13. The van der Waals surface area contributed by atoms with E-state index in [1.807, 2.05) is 12.2 Å². The molecule has 152 valence electrons. The molecule has 3 N–H and O–H groups in total. The van der Waals surface area contributed by atoms with Gasteiger partial charge in [-0.1, -0.05) is 51.2 Å². The quantitative estimate of drug-likeness (QED) is 0.263. The molecular formula is C21H38O5. The van der Waals surface area contributed by atoms with E-state index in [0.29, 0.717) is 25.7 Å². The number of carbonyl (C=O) groups excluding carboxylic acids is 1. The number of unbranched alkanes of at least 4 members (excludes halogenated alkanes) is 5. The molecule has 3 unspecified atom stereocenters. The van der Waals surface area contributed by atoms with Gasteiger partial charge in [0.15, 0.2) is 0 Å². The Balaban J connectivity index is 2.39. The molecule has 0 aromatic carbocycles. The molecule has 5 nitrogen and oxygen atoms in total. The third-order valence-electron chi connectivity index (χ3n) is 5.52. The van der Waals surface area contributed by atoms with E-state index >= 15 is 0 Å². The second kappa shape index (κ2) is 13.3. The van der Waals surface area contributed by atoms with E-state index in [0.717, 1.165) is 25.7 Å². The number of allylic oxidation sites excluding steroid dienone is 2. The number of carbonyl (C=O) groups is 1. The molecule has 1 fully saturated rings. The predicted octanol–water partition coefficient (Wildman–Crippen LogP) is 3.36. The summed E-state index contributed by atoms with van der Waals surface area (Å²) in [6.07, 6.45) is 11.6. The monoisotopic (exact) mass is 370 g/mol. The largest absolute Gasteiger partial charge is 0.469 e. The molecule has 1 aliphatic rings. The third-order valence-corrected chi connectivity index (χ3v) is 5.52. The highest BCUT2D eigenvalue weighted by Crippen LogP contribution is 2.38. The molecule has 26 heavy (non-hydrogen) atoms. The van der Waals surface area contributed by atoms with Gasteiger partial charge in [-0.05, 0) is 38.0 Å². The molecule has 1 saturated carbocycles. The molecule has 0 saturated heterocycles. The summed E-state index contributed by atoms with van der Waals surface area (Å²) in [5.41, 5.74) is 0. The Kier molecular flexibility index (Phi) is 11.8. The number of ether oxygens (including phenoxy) is 1. The van der Waals surface area contributed by atoms with Crippen molar-refractivity contribution in [3.05, 3.63) is 12.2 Å². The van der Waals surface area contributed by atoms with Crippen molar-refractivity contribution in [2.75, 3.05) is 7.11 Å². The minimum atomic E-state index is -0.631. The first-order chi connectivity index (χ1) is 12.5. The van der Waals surface area contributed by atoms with Crippen molar-refractivity contribution < 1.29 is 24.9 Å². The van der Waals surface area contributed by atoms with Gasteiger partial charge in [0, 0.05) is 12.3 Å². The molecule has 0 bridgehead atoms. The maximum Gasteiger partial charge on any atom is 0.305 e. The van der Waals surface area contributed by atoms with Gasteiger partial charge < -0.3 is 20.1 Å². The zero-order valence-electron chi connectivity index (χ0n) is 16.5. The Bertz CT molecular complexity index is 409. The van der Waals surface area contributed by atoms with E-state index in [2.05, 4.69) is 11.7 Å². The summed E-state index contributed by atoms with van der Waals surface area (Å²) >= 11 is 0. The number of methoxy groups -OCH3 is 1. The number of hydrogen-bond donors (Lipinski definition) is 3. The number of esters is 1. The Morgan fingerprint density at radius 3 is 2.54 bits per heavy atom. The lowest BCUT2D eigenvalue weighted by molar-refractivity contribution is -0.140. The topological polar surface area (TPSA) is 87.0 Å². The second-order valence-corrected chi connectivity index (χ2v) is 7.56. The van der Waals surface area contributed by atoms with Crippen molar-refractivity contribution >= 4 is 5.97 Å². The smallest absolute Gasteiger partial charge is 0.305 e. The van der Waals surface area contributed by atoms with E-state index in [4.69, 9.17) is 0 Å². The summed E-state index contributed by atoms with van der Waals surface area (Å²) in [6, 6.07) is 0. The van der Waals surface area contributed by atoms with Crippen LogP contribution in [0.4, 0.5) is 0 Å². The molecule has 5 heteroatoms. The Labute approximate surface area is 158 Å². The fraction of sp³-hybridized carbons (Fsp3) is 0.857. The first-order valence-electron chi connectivity index (χ1n) is 10.3.